The Hall–Kier alpha value is -3.41. The van der Waals surface area contributed by atoms with E-state index in [4.69, 9.17) is 10.7 Å². The first kappa shape index (κ1) is 20.3. The molecule has 29 heavy (non-hydrogen) atoms. The molecule has 0 unspecified atom stereocenters. The van der Waals surface area contributed by atoms with Gasteiger partial charge in [-0.05, 0) is 48.9 Å². The number of nitrogens with one attached hydrogen (secondary N) is 4. The lowest BCUT2D eigenvalue weighted by Crippen LogP contribution is -2.46. The Morgan fingerprint density at radius 3 is 2.52 bits per heavy atom. The van der Waals surface area contributed by atoms with E-state index in [0.29, 0.717) is 37.2 Å². The van der Waals surface area contributed by atoms with Gasteiger partial charge in [-0.3, -0.25) is 15.6 Å². The highest BCUT2D eigenvalue weighted by Crippen LogP contribution is 2.24. The highest BCUT2D eigenvalue weighted by atomic mass is 19.1. The molecule has 2 heterocycles. The van der Waals surface area contributed by atoms with Crippen LogP contribution in [0.15, 0.2) is 41.9 Å². The molecule has 0 saturated carbocycles. The fourth-order valence-corrected chi connectivity index (χ4v) is 3.47. The Kier molecular flexibility index (Phi) is 6.44. The molecule has 0 bridgehead atoms. The van der Waals surface area contributed by atoms with Crippen molar-refractivity contribution in [2.75, 3.05) is 13.1 Å². The van der Waals surface area contributed by atoms with Crippen LogP contribution in [0.2, 0.25) is 0 Å². The van der Waals surface area contributed by atoms with Crippen molar-refractivity contribution < 1.29 is 13.6 Å². The van der Waals surface area contributed by atoms with Crippen LogP contribution in [0.25, 0.3) is 0 Å². The van der Waals surface area contributed by atoms with Crippen LogP contribution in [0.3, 0.4) is 0 Å². The molecule has 152 valence electrons. The first-order chi connectivity index (χ1) is 14.0. The van der Waals surface area contributed by atoms with E-state index in [2.05, 4.69) is 21.1 Å². The van der Waals surface area contributed by atoms with Crippen molar-refractivity contribution in [3.8, 4) is 6.07 Å². The second-order valence-electron chi connectivity index (χ2n) is 6.96. The molecule has 1 amide bonds. The van der Waals surface area contributed by atoms with Gasteiger partial charge in [-0.1, -0.05) is 0 Å². The molecule has 1 aromatic rings. The van der Waals surface area contributed by atoms with Crippen LogP contribution in [0, 0.1) is 34.3 Å². The van der Waals surface area contributed by atoms with Crippen LogP contribution in [-0.2, 0) is 4.79 Å². The van der Waals surface area contributed by atoms with E-state index in [1.807, 2.05) is 12.1 Å². The second kappa shape index (κ2) is 9.19. The molecule has 1 aromatic carbocycles. The monoisotopic (exact) mass is 400 g/mol. The highest BCUT2D eigenvalue weighted by molar-refractivity contribution is 5.79. The van der Waals surface area contributed by atoms with E-state index in [9.17, 15) is 13.6 Å². The molecule has 0 radical (unpaired) electrons. The van der Waals surface area contributed by atoms with Gasteiger partial charge < -0.3 is 15.6 Å². The van der Waals surface area contributed by atoms with Gasteiger partial charge in [-0.2, -0.15) is 5.26 Å². The fourth-order valence-electron chi connectivity index (χ4n) is 3.47. The minimum absolute atomic E-state index is 0.156. The third-order valence-corrected chi connectivity index (χ3v) is 5.02. The number of carbonyl (C=O) groups is 1. The summed E-state index contributed by atoms with van der Waals surface area (Å²) in [5.74, 6) is -1.00. The summed E-state index contributed by atoms with van der Waals surface area (Å²) in [6, 6.07) is 4.49. The van der Waals surface area contributed by atoms with Crippen LogP contribution in [0.5, 0.6) is 0 Å². The van der Waals surface area contributed by atoms with Crippen LogP contribution >= 0.6 is 0 Å². The molecule has 4 N–H and O–H groups in total. The number of benzene rings is 1. The molecule has 9 heteroatoms. The number of nitriles is 1. The number of hydrogen-bond donors (Lipinski definition) is 4. The number of likely N-dealkylation sites (tertiary alicyclic amines) is 1. The van der Waals surface area contributed by atoms with Crippen LogP contribution in [0.4, 0.5) is 8.78 Å². The molecular weight excluding hydrogens is 378 g/mol. The summed E-state index contributed by atoms with van der Waals surface area (Å²) in [5, 5.41) is 19.0. The fraction of sp³-hybridized carbons (Fsp3) is 0.350. The van der Waals surface area contributed by atoms with Gasteiger partial charge in [0.05, 0.1) is 6.04 Å². The predicted molar refractivity (Wildman–Crippen MR) is 103 cm³/mol. The number of piperidine rings is 1. The van der Waals surface area contributed by atoms with E-state index in [0.717, 1.165) is 18.1 Å². The zero-order chi connectivity index (χ0) is 20.8. The van der Waals surface area contributed by atoms with E-state index < -0.39 is 17.7 Å². The van der Waals surface area contributed by atoms with E-state index in [1.165, 1.54) is 12.1 Å². The lowest BCUT2D eigenvalue weighted by Gasteiger charge is -2.36. The number of hydrogen-bond acceptors (Lipinski definition) is 6. The van der Waals surface area contributed by atoms with Gasteiger partial charge in [0.2, 0.25) is 5.91 Å². The number of amides is 1. The molecule has 3 rings (SSSR count). The standard InChI is InChI=1S/C20H22F2N6O/c21-15-9-14(10-16(22)11-15)18(3-6-23)25-20(29)13-4-7-28(8-5-13)19-2-1-17(12-24)26-27-19/h1-2,6,9-11,13,18,23,26-27H,3-5,7-8H2,(H,25,29)/t18-/m0/s1. The third kappa shape index (κ3) is 5.10. The predicted octanol–water partition coefficient (Wildman–Crippen LogP) is 2.23. The van der Waals surface area contributed by atoms with Crippen molar-refractivity contribution in [3.05, 3.63) is 59.1 Å². The smallest absolute Gasteiger partial charge is 0.223 e. The van der Waals surface area contributed by atoms with E-state index in [1.54, 1.807) is 6.08 Å². The van der Waals surface area contributed by atoms with Crippen LogP contribution < -0.4 is 16.2 Å². The van der Waals surface area contributed by atoms with Gasteiger partial charge in [-0.25, -0.2) is 8.78 Å². The average Bonchev–Trinajstić information content (AvgIpc) is 2.73. The molecule has 7 nitrogen and oxygen atoms in total. The zero-order valence-corrected chi connectivity index (χ0v) is 15.7. The minimum Gasteiger partial charge on any atom is -0.357 e. The first-order valence-electron chi connectivity index (χ1n) is 9.34. The molecule has 0 aliphatic carbocycles. The molecule has 2 aliphatic heterocycles. The number of rotatable bonds is 6. The van der Waals surface area contributed by atoms with Crippen LogP contribution in [0.1, 0.15) is 30.9 Å². The Balaban J connectivity index is 1.59. The molecule has 1 atom stereocenters. The van der Waals surface area contributed by atoms with Crippen molar-refractivity contribution in [1.82, 2.24) is 21.1 Å². The maximum Gasteiger partial charge on any atom is 0.223 e. The Morgan fingerprint density at radius 2 is 1.97 bits per heavy atom. The maximum atomic E-state index is 13.5. The van der Waals surface area contributed by atoms with Gasteiger partial charge >= 0.3 is 0 Å². The van der Waals surface area contributed by atoms with Crippen molar-refractivity contribution in [1.29, 1.82) is 10.7 Å². The Morgan fingerprint density at radius 1 is 1.28 bits per heavy atom. The molecule has 2 aliphatic rings. The Labute approximate surface area is 167 Å². The number of nitrogens with zero attached hydrogens (tertiary/aromatic N) is 2. The quantitative estimate of drug-likeness (QED) is 0.548. The van der Waals surface area contributed by atoms with Gasteiger partial charge in [0, 0.05) is 31.5 Å². The number of halogens is 2. The van der Waals surface area contributed by atoms with Gasteiger partial charge in [0.15, 0.2) is 0 Å². The molecule has 1 fully saturated rings. The summed E-state index contributed by atoms with van der Waals surface area (Å²) >= 11 is 0. The lowest BCUT2D eigenvalue weighted by atomic mass is 9.94. The number of hydrazine groups is 1. The third-order valence-electron chi connectivity index (χ3n) is 5.02. The van der Waals surface area contributed by atoms with Crippen molar-refractivity contribution in [2.45, 2.75) is 25.3 Å². The van der Waals surface area contributed by atoms with Crippen LogP contribution in [-0.4, -0.2) is 30.1 Å². The topological polar surface area (TPSA) is 104 Å². The molecular formula is C20H22F2N6O. The normalized spacial score (nSPS) is 17.8. The van der Waals surface area contributed by atoms with Crippen molar-refractivity contribution in [3.63, 3.8) is 0 Å². The van der Waals surface area contributed by atoms with Gasteiger partial charge in [0.1, 0.15) is 29.2 Å². The number of allylic oxidation sites excluding steroid dienone is 3. The van der Waals surface area contributed by atoms with Gasteiger partial charge in [-0.15, -0.1) is 0 Å². The summed E-state index contributed by atoms with van der Waals surface area (Å²) in [4.78, 5) is 14.8. The number of carbonyl (C=O) groups excluding carboxylic acids is 1. The highest BCUT2D eigenvalue weighted by Gasteiger charge is 2.28. The SMILES string of the molecule is N#CC1=CC=C(N2CCC(C(=O)N[C@@H](CC=N)c3cc(F)cc(F)c3)CC2)NN1. The summed E-state index contributed by atoms with van der Waals surface area (Å²) in [7, 11) is 0. The second-order valence-corrected chi connectivity index (χ2v) is 6.96. The summed E-state index contributed by atoms with van der Waals surface area (Å²) < 4.78 is 27.1. The molecule has 1 saturated heterocycles. The van der Waals surface area contributed by atoms with E-state index in [-0.39, 0.29) is 18.2 Å². The van der Waals surface area contributed by atoms with Crippen molar-refractivity contribution in [2.24, 2.45) is 5.92 Å². The zero-order valence-electron chi connectivity index (χ0n) is 15.7. The molecule has 0 spiro atoms. The first-order valence-corrected chi connectivity index (χ1v) is 9.34. The minimum atomic E-state index is -0.715. The Bertz CT molecular complexity index is 863. The molecule has 0 aromatic heterocycles. The summed E-state index contributed by atoms with van der Waals surface area (Å²) in [6.07, 6.45) is 6.01. The van der Waals surface area contributed by atoms with E-state index >= 15 is 0 Å². The lowest BCUT2D eigenvalue weighted by molar-refractivity contribution is -0.127. The summed E-state index contributed by atoms with van der Waals surface area (Å²) in [6.45, 7) is 1.30. The summed E-state index contributed by atoms with van der Waals surface area (Å²) in [5.41, 5.74) is 6.49. The average molecular weight is 400 g/mol. The van der Waals surface area contributed by atoms with Gasteiger partial charge in [0.25, 0.3) is 0 Å². The van der Waals surface area contributed by atoms with Crippen molar-refractivity contribution >= 4 is 12.1 Å². The largest absolute Gasteiger partial charge is 0.357 e. The maximum absolute atomic E-state index is 13.5.